The Labute approximate surface area is 153 Å². The Kier molecular flexibility index (Phi) is 5.89. The molecule has 1 amide bonds. The van der Waals surface area contributed by atoms with Gasteiger partial charge in [-0.1, -0.05) is 42.5 Å². The molecule has 0 atom stereocenters. The van der Waals surface area contributed by atoms with Crippen molar-refractivity contribution in [3.05, 3.63) is 65.2 Å². The van der Waals surface area contributed by atoms with Crippen LogP contribution in [0.25, 0.3) is 0 Å². The summed E-state index contributed by atoms with van der Waals surface area (Å²) in [6, 6.07) is 15.7. The van der Waals surface area contributed by atoms with Crippen LogP contribution in [0.4, 0.5) is 0 Å². The molecule has 5 heteroatoms. The van der Waals surface area contributed by atoms with Gasteiger partial charge in [0.05, 0.1) is 26.6 Å². The highest BCUT2D eigenvalue weighted by Gasteiger charge is 2.18. The van der Waals surface area contributed by atoms with Gasteiger partial charge in [-0.05, 0) is 22.8 Å². The van der Waals surface area contributed by atoms with Crippen LogP contribution in [-0.4, -0.2) is 37.0 Å². The van der Waals surface area contributed by atoms with Gasteiger partial charge < -0.3 is 14.4 Å². The van der Waals surface area contributed by atoms with Crippen LogP contribution < -0.4 is 4.74 Å². The molecule has 26 heavy (non-hydrogen) atoms. The van der Waals surface area contributed by atoms with Crippen LogP contribution in [0.1, 0.15) is 23.1 Å². The summed E-state index contributed by atoms with van der Waals surface area (Å²) in [5, 5.41) is 0. The lowest BCUT2D eigenvalue weighted by Crippen LogP contribution is -2.34. The molecule has 0 saturated carbocycles. The number of carbonyl (C=O) groups is 2. The van der Waals surface area contributed by atoms with E-state index in [1.165, 1.54) is 7.11 Å². The van der Waals surface area contributed by atoms with Gasteiger partial charge in [0.25, 0.3) is 0 Å². The SMILES string of the molecule is COC(=O)CCN(Cc1ccccc1)C(=O)Cc1ccc2c(c1)CCO2. The maximum atomic E-state index is 12.9. The van der Waals surface area contributed by atoms with E-state index in [1.54, 1.807) is 4.90 Å². The first-order valence-electron chi connectivity index (χ1n) is 8.79. The van der Waals surface area contributed by atoms with Crippen LogP contribution in [0.2, 0.25) is 0 Å². The Bertz CT molecular complexity index is 773. The van der Waals surface area contributed by atoms with Gasteiger partial charge >= 0.3 is 5.97 Å². The smallest absolute Gasteiger partial charge is 0.307 e. The average Bonchev–Trinajstić information content (AvgIpc) is 3.13. The van der Waals surface area contributed by atoms with E-state index in [1.807, 2.05) is 48.5 Å². The van der Waals surface area contributed by atoms with Crippen LogP contribution in [0.5, 0.6) is 5.75 Å². The third-order valence-electron chi connectivity index (χ3n) is 4.49. The van der Waals surface area contributed by atoms with Gasteiger partial charge in [-0.3, -0.25) is 9.59 Å². The predicted molar refractivity (Wildman–Crippen MR) is 97.8 cm³/mol. The zero-order chi connectivity index (χ0) is 18.4. The number of hydrogen-bond acceptors (Lipinski definition) is 4. The summed E-state index contributed by atoms with van der Waals surface area (Å²) in [5.41, 5.74) is 3.16. The lowest BCUT2D eigenvalue weighted by molar-refractivity contribution is -0.141. The molecule has 3 rings (SSSR count). The minimum Gasteiger partial charge on any atom is -0.493 e. The van der Waals surface area contributed by atoms with Crippen molar-refractivity contribution in [3.63, 3.8) is 0 Å². The average molecular weight is 353 g/mol. The number of esters is 1. The van der Waals surface area contributed by atoms with Crippen molar-refractivity contribution in [2.45, 2.75) is 25.8 Å². The fraction of sp³-hybridized carbons (Fsp3) is 0.333. The number of nitrogens with zero attached hydrogens (tertiary/aromatic N) is 1. The van der Waals surface area contributed by atoms with Crippen LogP contribution >= 0.6 is 0 Å². The molecule has 0 aliphatic carbocycles. The second-order valence-corrected chi connectivity index (χ2v) is 6.34. The monoisotopic (exact) mass is 353 g/mol. The summed E-state index contributed by atoms with van der Waals surface area (Å²) in [7, 11) is 1.36. The Hall–Kier alpha value is -2.82. The minimum absolute atomic E-state index is 0.00313. The van der Waals surface area contributed by atoms with E-state index in [-0.39, 0.29) is 18.3 Å². The summed E-state index contributed by atoms with van der Waals surface area (Å²) < 4.78 is 10.2. The van der Waals surface area contributed by atoms with Crippen LogP contribution in [0.15, 0.2) is 48.5 Å². The number of fused-ring (bicyclic) bond motifs is 1. The lowest BCUT2D eigenvalue weighted by atomic mass is 10.1. The molecule has 0 saturated heterocycles. The van der Waals surface area contributed by atoms with Gasteiger partial charge in [0, 0.05) is 19.5 Å². The number of carbonyl (C=O) groups excluding carboxylic acids is 2. The maximum absolute atomic E-state index is 12.9. The standard InChI is InChI=1S/C21H23NO4/c1-25-21(24)9-11-22(15-16-5-3-2-4-6-16)20(23)14-17-7-8-19-18(13-17)10-12-26-19/h2-8,13H,9-12,14-15H2,1H3. The van der Waals surface area contributed by atoms with E-state index in [0.717, 1.165) is 28.9 Å². The van der Waals surface area contributed by atoms with E-state index < -0.39 is 0 Å². The Morgan fingerprint density at radius 2 is 1.92 bits per heavy atom. The molecule has 0 spiro atoms. The highest BCUT2D eigenvalue weighted by Crippen LogP contribution is 2.26. The third kappa shape index (κ3) is 4.63. The first-order valence-corrected chi connectivity index (χ1v) is 8.79. The van der Waals surface area contributed by atoms with Crippen molar-refractivity contribution in [1.82, 2.24) is 4.90 Å². The quantitative estimate of drug-likeness (QED) is 0.718. The second kappa shape index (κ2) is 8.52. The number of ether oxygens (including phenoxy) is 2. The fourth-order valence-corrected chi connectivity index (χ4v) is 3.06. The van der Waals surface area contributed by atoms with Crippen molar-refractivity contribution in [3.8, 4) is 5.75 Å². The van der Waals surface area contributed by atoms with Crippen LogP contribution in [0.3, 0.4) is 0 Å². The van der Waals surface area contributed by atoms with Gasteiger partial charge in [0.1, 0.15) is 5.75 Å². The maximum Gasteiger partial charge on any atom is 0.307 e. The largest absolute Gasteiger partial charge is 0.493 e. The molecular weight excluding hydrogens is 330 g/mol. The zero-order valence-electron chi connectivity index (χ0n) is 14.9. The van der Waals surface area contributed by atoms with Gasteiger partial charge in [-0.2, -0.15) is 0 Å². The molecule has 0 N–H and O–H groups in total. The summed E-state index contributed by atoms with van der Waals surface area (Å²) in [6.45, 7) is 1.52. The van der Waals surface area contributed by atoms with E-state index in [9.17, 15) is 9.59 Å². The van der Waals surface area contributed by atoms with Crippen LogP contribution in [-0.2, 0) is 33.7 Å². The molecule has 0 fully saturated rings. The Morgan fingerprint density at radius 3 is 2.69 bits per heavy atom. The van der Waals surface area contributed by atoms with Crippen molar-refractivity contribution in [1.29, 1.82) is 0 Å². The molecule has 136 valence electrons. The first kappa shape index (κ1) is 18.0. The Morgan fingerprint density at radius 1 is 1.12 bits per heavy atom. The van der Waals surface area contributed by atoms with E-state index >= 15 is 0 Å². The highest BCUT2D eigenvalue weighted by molar-refractivity contribution is 5.79. The summed E-state index contributed by atoms with van der Waals surface area (Å²) >= 11 is 0. The summed E-state index contributed by atoms with van der Waals surface area (Å²) in [4.78, 5) is 26.1. The number of hydrogen-bond donors (Lipinski definition) is 0. The molecule has 0 radical (unpaired) electrons. The molecule has 1 aliphatic heterocycles. The fourth-order valence-electron chi connectivity index (χ4n) is 3.06. The normalized spacial score (nSPS) is 12.2. The summed E-state index contributed by atoms with van der Waals surface area (Å²) in [5.74, 6) is 0.593. The molecule has 1 heterocycles. The molecule has 1 aliphatic rings. The molecule has 0 unspecified atom stereocenters. The number of rotatable bonds is 7. The number of methoxy groups -OCH3 is 1. The van der Waals surface area contributed by atoms with Gasteiger partial charge in [0.15, 0.2) is 0 Å². The molecular formula is C21H23NO4. The molecule has 0 aromatic heterocycles. The predicted octanol–water partition coefficient (Wildman–Crippen LogP) is 2.76. The van der Waals surface area contributed by atoms with Gasteiger partial charge in [-0.15, -0.1) is 0 Å². The topological polar surface area (TPSA) is 55.8 Å². The molecule has 5 nitrogen and oxygen atoms in total. The minimum atomic E-state index is -0.314. The first-order chi connectivity index (χ1) is 12.7. The van der Waals surface area contributed by atoms with Crippen molar-refractivity contribution in [2.24, 2.45) is 0 Å². The van der Waals surface area contributed by atoms with Crippen LogP contribution in [0, 0.1) is 0 Å². The van der Waals surface area contributed by atoms with Gasteiger partial charge in [0.2, 0.25) is 5.91 Å². The zero-order valence-corrected chi connectivity index (χ0v) is 14.9. The third-order valence-corrected chi connectivity index (χ3v) is 4.49. The molecule has 2 aromatic rings. The van der Waals surface area contributed by atoms with Crippen molar-refractivity contribution in [2.75, 3.05) is 20.3 Å². The van der Waals surface area contributed by atoms with E-state index in [4.69, 9.17) is 9.47 Å². The lowest BCUT2D eigenvalue weighted by Gasteiger charge is -2.22. The number of benzene rings is 2. The van der Waals surface area contributed by atoms with Gasteiger partial charge in [-0.25, -0.2) is 0 Å². The highest BCUT2D eigenvalue weighted by atomic mass is 16.5. The molecule has 2 aromatic carbocycles. The van der Waals surface area contributed by atoms with Crippen molar-refractivity contribution >= 4 is 11.9 Å². The Balaban J connectivity index is 1.69. The second-order valence-electron chi connectivity index (χ2n) is 6.34. The van der Waals surface area contributed by atoms with Crippen molar-refractivity contribution < 1.29 is 19.1 Å². The van der Waals surface area contributed by atoms with E-state index in [0.29, 0.717) is 26.1 Å². The number of amides is 1. The van der Waals surface area contributed by atoms with E-state index in [2.05, 4.69) is 0 Å². The summed E-state index contributed by atoms with van der Waals surface area (Å²) in [6.07, 6.45) is 1.38. The molecule has 0 bridgehead atoms.